The topological polar surface area (TPSA) is 41.6 Å². The third-order valence-electron chi connectivity index (χ3n) is 3.99. The molecule has 2 aliphatic heterocycles. The van der Waals surface area contributed by atoms with Gasteiger partial charge in [0.05, 0.1) is 18.1 Å². The van der Waals surface area contributed by atoms with Gasteiger partial charge in [-0.05, 0) is 32.7 Å². The van der Waals surface area contributed by atoms with E-state index in [4.69, 9.17) is 4.74 Å². The molecule has 2 saturated heterocycles. The van der Waals surface area contributed by atoms with Crippen LogP contribution in [-0.2, 0) is 9.53 Å². The van der Waals surface area contributed by atoms with E-state index < -0.39 is 0 Å². The highest BCUT2D eigenvalue weighted by Crippen LogP contribution is 2.28. The zero-order valence-corrected chi connectivity index (χ0v) is 11.0. The lowest BCUT2D eigenvalue weighted by molar-refractivity contribution is -0.149. The molecule has 17 heavy (non-hydrogen) atoms. The van der Waals surface area contributed by atoms with Crippen LogP contribution in [-0.4, -0.2) is 49.7 Å². The summed E-state index contributed by atoms with van der Waals surface area (Å²) < 4.78 is 5.62. The van der Waals surface area contributed by atoms with E-state index in [0.29, 0.717) is 12.5 Å². The van der Waals surface area contributed by atoms with E-state index in [0.717, 1.165) is 45.4 Å². The average Bonchev–Trinajstić information content (AvgIpc) is 2.39. The second-order valence-corrected chi connectivity index (χ2v) is 5.49. The van der Waals surface area contributed by atoms with Gasteiger partial charge in [0.1, 0.15) is 0 Å². The summed E-state index contributed by atoms with van der Waals surface area (Å²) in [5, 5.41) is 3.34. The van der Waals surface area contributed by atoms with E-state index in [2.05, 4.69) is 19.2 Å². The zero-order chi connectivity index (χ0) is 12.3. The molecule has 2 atom stereocenters. The standard InChI is InChI=1S/C13H24N2O2/c1-3-11-9-15(7-8-17-11)12(16)13(2)5-4-6-14-10-13/h11,14H,3-10H2,1-2H3. The van der Waals surface area contributed by atoms with Gasteiger partial charge in [-0.3, -0.25) is 4.79 Å². The normalized spacial score (nSPS) is 34.7. The number of ether oxygens (including phenoxy) is 1. The van der Waals surface area contributed by atoms with Crippen molar-refractivity contribution in [2.45, 2.75) is 39.2 Å². The third kappa shape index (κ3) is 2.80. The van der Waals surface area contributed by atoms with Crippen LogP contribution in [0.1, 0.15) is 33.1 Å². The number of piperidine rings is 1. The molecule has 98 valence electrons. The molecule has 2 unspecified atom stereocenters. The summed E-state index contributed by atoms with van der Waals surface area (Å²) in [5.74, 6) is 0.312. The van der Waals surface area contributed by atoms with Gasteiger partial charge >= 0.3 is 0 Å². The Bertz CT molecular complexity index is 275. The molecule has 4 nitrogen and oxygen atoms in total. The quantitative estimate of drug-likeness (QED) is 0.783. The van der Waals surface area contributed by atoms with Gasteiger partial charge in [0, 0.05) is 19.6 Å². The summed E-state index contributed by atoms with van der Waals surface area (Å²) in [6, 6.07) is 0. The third-order valence-corrected chi connectivity index (χ3v) is 3.99. The Labute approximate surface area is 104 Å². The molecule has 2 fully saturated rings. The fourth-order valence-corrected chi connectivity index (χ4v) is 2.77. The number of morpholine rings is 1. The highest BCUT2D eigenvalue weighted by atomic mass is 16.5. The first kappa shape index (κ1) is 12.8. The first-order chi connectivity index (χ1) is 8.15. The van der Waals surface area contributed by atoms with Crippen LogP contribution in [0.5, 0.6) is 0 Å². The van der Waals surface area contributed by atoms with Crippen molar-refractivity contribution in [3.63, 3.8) is 0 Å². The highest BCUT2D eigenvalue weighted by Gasteiger charge is 2.39. The Morgan fingerprint density at radius 3 is 3.06 bits per heavy atom. The summed E-state index contributed by atoms with van der Waals surface area (Å²) in [5.41, 5.74) is -0.201. The largest absolute Gasteiger partial charge is 0.375 e. The number of nitrogens with one attached hydrogen (secondary N) is 1. The molecule has 2 aliphatic rings. The molecular weight excluding hydrogens is 216 g/mol. The predicted octanol–water partition coefficient (Wildman–Crippen LogP) is 1.01. The average molecular weight is 240 g/mol. The predicted molar refractivity (Wildman–Crippen MR) is 66.8 cm³/mol. The van der Waals surface area contributed by atoms with Crippen molar-refractivity contribution in [2.24, 2.45) is 5.41 Å². The Kier molecular flexibility index (Phi) is 4.05. The maximum absolute atomic E-state index is 12.6. The fraction of sp³-hybridized carbons (Fsp3) is 0.923. The van der Waals surface area contributed by atoms with Crippen LogP contribution in [0.3, 0.4) is 0 Å². The van der Waals surface area contributed by atoms with Crippen LogP contribution in [0.25, 0.3) is 0 Å². The van der Waals surface area contributed by atoms with Crippen molar-refractivity contribution in [3.8, 4) is 0 Å². The second-order valence-electron chi connectivity index (χ2n) is 5.49. The molecule has 0 saturated carbocycles. The summed E-state index contributed by atoms with van der Waals surface area (Å²) >= 11 is 0. The lowest BCUT2D eigenvalue weighted by atomic mass is 9.81. The number of carbonyl (C=O) groups excluding carboxylic acids is 1. The van der Waals surface area contributed by atoms with Gasteiger partial charge < -0.3 is 15.0 Å². The minimum Gasteiger partial charge on any atom is -0.375 e. The van der Waals surface area contributed by atoms with Gasteiger partial charge in [-0.15, -0.1) is 0 Å². The maximum atomic E-state index is 12.6. The molecule has 2 heterocycles. The van der Waals surface area contributed by atoms with Gasteiger partial charge in [-0.1, -0.05) is 6.92 Å². The number of nitrogens with zero attached hydrogens (tertiary/aromatic N) is 1. The van der Waals surface area contributed by atoms with Crippen molar-refractivity contribution in [3.05, 3.63) is 0 Å². The molecule has 0 bridgehead atoms. The molecule has 0 aliphatic carbocycles. The number of amides is 1. The van der Waals surface area contributed by atoms with E-state index in [9.17, 15) is 4.79 Å². The number of rotatable bonds is 2. The first-order valence-corrected chi connectivity index (χ1v) is 6.77. The van der Waals surface area contributed by atoms with Crippen molar-refractivity contribution < 1.29 is 9.53 Å². The fourth-order valence-electron chi connectivity index (χ4n) is 2.77. The molecule has 0 aromatic heterocycles. The van der Waals surface area contributed by atoms with Crippen LogP contribution >= 0.6 is 0 Å². The van der Waals surface area contributed by atoms with Crippen LogP contribution < -0.4 is 5.32 Å². The Morgan fingerprint density at radius 1 is 1.59 bits per heavy atom. The molecule has 0 aromatic carbocycles. The molecule has 0 spiro atoms. The van der Waals surface area contributed by atoms with Gasteiger partial charge in [0.15, 0.2) is 0 Å². The van der Waals surface area contributed by atoms with Crippen molar-refractivity contribution in [1.82, 2.24) is 10.2 Å². The molecule has 2 rings (SSSR count). The minimum absolute atomic E-state index is 0.201. The van der Waals surface area contributed by atoms with Crippen LogP contribution in [0.2, 0.25) is 0 Å². The highest BCUT2D eigenvalue weighted by molar-refractivity contribution is 5.82. The first-order valence-electron chi connectivity index (χ1n) is 6.77. The van der Waals surface area contributed by atoms with E-state index in [1.165, 1.54) is 0 Å². The lowest BCUT2D eigenvalue weighted by Gasteiger charge is -2.40. The van der Waals surface area contributed by atoms with E-state index in [1.54, 1.807) is 0 Å². The van der Waals surface area contributed by atoms with Gasteiger partial charge in [-0.25, -0.2) is 0 Å². The Balaban J connectivity index is 1.98. The van der Waals surface area contributed by atoms with Crippen molar-refractivity contribution in [1.29, 1.82) is 0 Å². The van der Waals surface area contributed by atoms with Crippen molar-refractivity contribution >= 4 is 5.91 Å². The molecule has 0 aromatic rings. The molecular formula is C13H24N2O2. The second kappa shape index (κ2) is 5.36. The Hall–Kier alpha value is -0.610. The number of hydrogen-bond acceptors (Lipinski definition) is 3. The number of carbonyl (C=O) groups is 1. The zero-order valence-electron chi connectivity index (χ0n) is 11.0. The van der Waals surface area contributed by atoms with Gasteiger partial charge in [0.25, 0.3) is 0 Å². The minimum atomic E-state index is -0.201. The van der Waals surface area contributed by atoms with Crippen LogP contribution in [0, 0.1) is 5.41 Å². The monoisotopic (exact) mass is 240 g/mol. The molecule has 1 N–H and O–H groups in total. The summed E-state index contributed by atoms with van der Waals surface area (Å²) in [6.45, 7) is 8.29. The van der Waals surface area contributed by atoms with Crippen LogP contribution in [0.15, 0.2) is 0 Å². The SMILES string of the molecule is CCC1CN(C(=O)C2(C)CCCNC2)CCO1. The smallest absolute Gasteiger partial charge is 0.229 e. The Morgan fingerprint density at radius 2 is 2.41 bits per heavy atom. The molecule has 4 heteroatoms. The summed E-state index contributed by atoms with van der Waals surface area (Å²) in [4.78, 5) is 14.6. The van der Waals surface area contributed by atoms with Gasteiger partial charge in [0.2, 0.25) is 5.91 Å². The van der Waals surface area contributed by atoms with Crippen LogP contribution in [0.4, 0.5) is 0 Å². The maximum Gasteiger partial charge on any atom is 0.229 e. The van der Waals surface area contributed by atoms with E-state index in [1.807, 2.05) is 4.90 Å². The summed E-state index contributed by atoms with van der Waals surface area (Å²) in [7, 11) is 0. The van der Waals surface area contributed by atoms with E-state index in [-0.39, 0.29) is 11.5 Å². The van der Waals surface area contributed by atoms with Crippen molar-refractivity contribution in [2.75, 3.05) is 32.8 Å². The lowest BCUT2D eigenvalue weighted by Crippen LogP contribution is -2.54. The molecule has 0 radical (unpaired) electrons. The molecule has 1 amide bonds. The van der Waals surface area contributed by atoms with Gasteiger partial charge in [-0.2, -0.15) is 0 Å². The van der Waals surface area contributed by atoms with E-state index >= 15 is 0 Å². The summed E-state index contributed by atoms with van der Waals surface area (Å²) in [6.07, 6.45) is 3.32. The number of hydrogen-bond donors (Lipinski definition) is 1.